The zero-order chi connectivity index (χ0) is 14.7. The normalized spacial score (nSPS) is 11.7. The van der Waals surface area contributed by atoms with Crippen molar-refractivity contribution >= 4 is 50.0 Å². The van der Waals surface area contributed by atoms with E-state index in [4.69, 9.17) is 10.9 Å². The Kier molecular flexibility index (Phi) is 4.84. The number of benzene rings is 1. The van der Waals surface area contributed by atoms with Crippen molar-refractivity contribution in [3.8, 4) is 0 Å². The predicted molar refractivity (Wildman–Crippen MR) is 85.0 cm³/mol. The molecule has 0 saturated heterocycles. The zero-order valence-corrected chi connectivity index (χ0v) is 14.0. The number of rotatable bonds is 4. The van der Waals surface area contributed by atoms with Crippen molar-refractivity contribution in [1.29, 1.82) is 0 Å². The van der Waals surface area contributed by atoms with Crippen molar-refractivity contribution < 1.29 is 5.21 Å². The molecule has 0 bridgehead atoms. The molecule has 0 aliphatic heterocycles. The fraction of sp³-hybridized carbons (Fsp3) is 0.182. The molecule has 0 saturated carbocycles. The summed E-state index contributed by atoms with van der Waals surface area (Å²) < 4.78 is 1.65. The minimum Gasteiger partial charge on any atom is -0.409 e. The summed E-state index contributed by atoms with van der Waals surface area (Å²) in [5.74, 6) is 0.0612. The van der Waals surface area contributed by atoms with Crippen LogP contribution in [0.5, 0.6) is 0 Å². The first-order chi connectivity index (χ1) is 9.51. The molecule has 0 aliphatic carbocycles. The molecular formula is C11H12BrN5OS2. The van der Waals surface area contributed by atoms with Gasteiger partial charge in [0.05, 0.1) is 0 Å². The summed E-state index contributed by atoms with van der Waals surface area (Å²) in [5, 5.41) is 20.9. The van der Waals surface area contributed by atoms with Gasteiger partial charge >= 0.3 is 0 Å². The number of anilines is 1. The summed E-state index contributed by atoms with van der Waals surface area (Å²) >= 11 is 6.28. The molecule has 2 rings (SSSR count). The van der Waals surface area contributed by atoms with Gasteiger partial charge in [-0.05, 0) is 18.2 Å². The standard InChI is InChI=1S/C11H12BrN5OS2/c1-17(2)10-14-15-11(20-10)19-8-4-3-6(12)5-7(8)9(13)16-18/h3-5,18H,1-2H3,(H2,13,16). The van der Waals surface area contributed by atoms with Crippen LogP contribution >= 0.6 is 39.0 Å². The van der Waals surface area contributed by atoms with Gasteiger partial charge in [0.1, 0.15) is 0 Å². The van der Waals surface area contributed by atoms with E-state index in [0.29, 0.717) is 5.56 Å². The Bertz CT molecular complexity index is 643. The summed E-state index contributed by atoms with van der Waals surface area (Å²) in [5.41, 5.74) is 6.34. The van der Waals surface area contributed by atoms with Gasteiger partial charge < -0.3 is 15.8 Å². The number of nitrogens with two attached hydrogens (primary N) is 1. The van der Waals surface area contributed by atoms with Crippen molar-refractivity contribution in [3.63, 3.8) is 0 Å². The van der Waals surface area contributed by atoms with E-state index in [1.165, 1.54) is 23.1 Å². The third-order valence-corrected chi connectivity index (χ3v) is 5.01. The summed E-state index contributed by atoms with van der Waals surface area (Å²) in [6.45, 7) is 0. The quantitative estimate of drug-likeness (QED) is 0.370. The number of hydrogen-bond donors (Lipinski definition) is 2. The highest BCUT2D eigenvalue weighted by Gasteiger charge is 2.13. The van der Waals surface area contributed by atoms with Crippen LogP contribution in [0.25, 0.3) is 0 Å². The topological polar surface area (TPSA) is 87.6 Å². The lowest BCUT2D eigenvalue weighted by atomic mass is 10.2. The lowest BCUT2D eigenvalue weighted by molar-refractivity contribution is 0.318. The van der Waals surface area contributed by atoms with Crippen LogP contribution in [0.1, 0.15) is 5.56 Å². The molecular weight excluding hydrogens is 362 g/mol. The highest BCUT2D eigenvalue weighted by Crippen LogP contribution is 2.35. The van der Waals surface area contributed by atoms with Crippen LogP contribution in [0.2, 0.25) is 0 Å². The second-order valence-corrected chi connectivity index (χ2v) is 7.13. The SMILES string of the molecule is CN(C)c1nnc(Sc2ccc(Br)cc2/C(N)=N/O)s1. The second kappa shape index (κ2) is 6.42. The third kappa shape index (κ3) is 3.41. The Balaban J connectivity index is 2.32. The number of hydrogen-bond acceptors (Lipinski definition) is 7. The minimum absolute atomic E-state index is 0.0612. The largest absolute Gasteiger partial charge is 0.409 e. The lowest BCUT2D eigenvalue weighted by Gasteiger charge is -2.06. The molecule has 1 aromatic carbocycles. The highest BCUT2D eigenvalue weighted by atomic mass is 79.9. The molecule has 0 amide bonds. The third-order valence-electron chi connectivity index (χ3n) is 2.30. The van der Waals surface area contributed by atoms with E-state index in [0.717, 1.165) is 18.8 Å². The Hall–Kier alpha value is -1.32. The number of aromatic nitrogens is 2. The molecule has 2 aromatic rings. The first-order valence-corrected chi connectivity index (χ1v) is 7.90. The zero-order valence-electron chi connectivity index (χ0n) is 10.7. The Morgan fingerprint density at radius 2 is 2.20 bits per heavy atom. The van der Waals surface area contributed by atoms with Gasteiger partial charge in [-0.25, -0.2) is 0 Å². The average Bonchev–Trinajstić information content (AvgIpc) is 2.88. The fourth-order valence-corrected chi connectivity index (χ4v) is 3.57. The molecule has 9 heteroatoms. The molecule has 6 nitrogen and oxygen atoms in total. The maximum Gasteiger partial charge on any atom is 0.208 e. The number of oxime groups is 1. The van der Waals surface area contributed by atoms with E-state index >= 15 is 0 Å². The molecule has 0 unspecified atom stereocenters. The van der Waals surface area contributed by atoms with Gasteiger partial charge in [-0.1, -0.05) is 44.2 Å². The number of amidine groups is 1. The molecule has 20 heavy (non-hydrogen) atoms. The molecule has 0 spiro atoms. The van der Waals surface area contributed by atoms with Crippen molar-refractivity contribution in [2.75, 3.05) is 19.0 Å². The Morgan fingerprint density at radius 1 is 1.45 bits per heavy atom. The van der Waals surface area contributed by atoms with E-state index in [9.17, 15) is 0 Å². The van der Waals surface area contributed by atoms with E-state index in [-0.39, 0.29) is 5.84 Å². The van der Waals surface area contributed by atoms with Crippen LogP contribution in [0.4, 0.5) is 5.13 Å². The summed E-state index contributed by atoms with van der Waals surface area (Å²) in [6, 6.07) is 5.58. The van der Waals surface area contributed by atoms with E-state index in [1.54, 1.807) is 6.07 Å². The van der Waals surface area contributed by atoms with Gasteiger partial charge in [0.2, 0.25) is 5.13 Å². The van der Waals surface area contributed by atoms with Gasteiger partial charge in [0.15, 0.2) is 10.2 Å². The van der Waals surface area contributed by atoms with E-state index < -0.39 is 0 Å². The lowest BCUT2D eigenvalue weighted by Crippen LogP contribution is -2.14. The molecule has 3 N–H and O–H groups in total. The first-order valence-electron chi connectivity index (χ1n) is 5.47. The van der Waals surface area contributed by atoms with Crippen LogP contribution in [-0.4, -0.2) is 35.3 Å². The van der Waals surface area contributed by atoms with Crippen LogP contribution < -0.4 is 10.6 Å². The highest BCUT2D eigenvalue weighted by molar-refractivity contribution is 9.10. The van der Waals surface area contributed by atoms with Crippen LogP contribution in [0.15, 0.2) is 37.1 Å². The van der Waals surface area contributed by atoms with Gasteiger partial charge in [0.25, 0.3) is 0 Å². The van der Waals surface area contributed by atoms with Crippen molar-refractivity contribution in [1.82, 2.24) is 10.2 Å². The average molecular weight is 374 g/mol. The van der Waals surface area contributed by atoms with Gasteiger partial charge in [-0.2, -0.15) is 0 Å². The molecule has 0 atom stereocenters. The van der Waals surface area contributed by atoms with Crippen molar-refractivity contribution in [2.45, 2.75) is 9.24 Å². The van der Waals surface area contributed by atoms with Crippen LogP contribution in [0.3, 0.4) is 0 Å². The van der Waals surface area contributed by atoms with Crippen LogP contribution in [0, 0.1) is 0 Å². The molecule has 106 valence electrons. The smallest absolute Gasteiger partial charge is 0.208 e. The Labute approximate surface area is 132 Å². The van der Waals surface area contributed by atoms with E-state index in [1.807, 2.05) is 31.1 Å². The first kappa shape index (κ1) is 15.1. The summed E-state index contributed by atoms with van der Waals surface area (Å²) in [7, 11) is 3.83. The predicted octanol–water partition coefficient (Wildman–Crippen LogP) is 2.61. The minimum atomic E-state index is 0.0612. The molecule has 0 aliphatic rings. The maximum atomic E-state index is 8.85. The number of nitrogens with zero attached hydrogens (tertiary/aromatic N) is 4. The molecule has 1 heterocycles. The summed E-state index contributed by atoms with van der Waals surface area (Å²) in [6.07, 6.45) is 0. The monoisotopic (exact) mass is 373 g/mol. The van der Waals surface area contributed by atoms with Crippen LogP contribution in [-0.2, 0) is 0 Å². The molecule has 1 aromatic heterocycles. The van der Waals surface area contributed by atoms with Gasteiger partial charge in [-0.3, -0.25) is 0 Å². The van der Waals surface area contributed by atoms with Crippen molar-refractivity contribution in [3.05, 3.63) is 28.2 Å². The maximum absolute atomic E-state index is 8.85. The number of halogens is 1. The summed E-state index contributed by atoms with van der Waals surface area (Å²) in [4.78, 5) is 2.75. The second-order valence-electron chi connectivity index (χ2n) is 3.97. The fourth-order valence-electron chi connectivity index (χ4n) is 1.36. The van der Waals surface area contributed by atoms with Crippen molar-refractivity contribution in [2.24, 2.45) is 10.9 Å². The Morgan fingerprint density at radius 3 is 2.80 bits per heavy atom. The van der Waals surface area contributed by atoms with E-state index in [2.05, 4.69) is 31.3 Å². The van der Waals surface area contributed by atoms with Gasteiger partial charge in [0, 0.05) is 29.0 Å². The molecule has 0 radical (unpaired) electrons. The molecule has 0 fully saturated rings. The van der Waals surface area contributed by atoms with Gasteiger partial charge in [-0.15, -0.1) is 10.2 Å².